The van der Waals surface area contributed by atoms with E-state index < -0.39 is 0 Å². The fourth-order valence-electron chi connectivity index (χ4n) is 0.937. The molecule has 1 aromatic rings. The highest BCUT2D eigenvalue weighted by Crippen LogP contribution is 2.20. The van der Waals surface area contributed by atoms with Gasteiger partial charge in [-0.25, -0.2) is 0 Å². The summed E-state index contributed by atoms with van der Waals surface area (Å²) in [4.78, 5) is 0. The van der Waals surface area contributed by atoms with Gasteiger partial charge in [0.1, 0.15) is 0 Å². The minimum Gasteiger partial charge on any atom is -0.0834 e. The minimum absolute atomic E-state index is 0.821. The first-order chi connectivity index (χ1) is 5.25. The van der Waals surface area contributed by atoms with E-state index in [1.54, 1.807) is 0 Å². The van der Waals surface area contributed by atoms with Gasteiger partial charge in [0.25, 0.3) is 0 Å². The quantitative estimate of drug-likeness (QED) is 0.598. The van der Waals surface area contributed by atoms with Crippen LogP contribution in [0.5, 0.6) is 0 Å². The van der Waals surface area contributed by atoms with Crippen molar-refractivity contribution < 1.29 is 0 Å². The van der Waals surface area contributed by atoms with E-state index in [0.29, 0.717) is 0 Å². The van der Waals surface area contributed by atoms with Gasteiger partial charge in [-0.1, -0.05) is 35.9 Å². The predicted octanol–water partition coefficient (Wildman–Crippen LogP) is 3.48. The third-order valence-electron chi connectivity index (χ3n) is 1.52. The van der Waals surface area contributed by atoms with Crippen molar-refractivity contribution in [2.24, 2.45) is 0 Å². The van der Waals surface area contributed by atoms with E-state index in [1.807, 2.05) is 38.1 Å². The number of aryl methyl sites for hydroxylation is 1. The molecule has 0 fully saturated rings. The SMILES string of the molecule is C[C]=Cc1cccc(C)c1Cl. The Morgan fingerprint density at radius 1 is 1.45 bits per heavy atom. The molecule has 0 aliphatic carbocycles. The molecule has 0 aromatic heterocycles. The zero-order valence-electron chi connectivity index (χ0n) is 6.69. The maximum absolute atomic E-state index is 6.00. The van der Waals surface area contributed by atoms with Gasteiger partial charge >= 0.3 is 0 Å². The van der Waals surface area contributed by atoms with Crippen LogP contribution in [0.1, 0.15) is 18.1 Å². The summed E-state index contributed by atoms with van der Waals surface area (Å²) in [5, 5.41) is 0.821. The van der Waals surface area contributed by atoms with E-state index >= 15 is 0 Å². The Balaban J connectivity index is 3.16. The van der Waals surface area contributed by atoms with Crippen LogP contribution in [-0.4, -0.2) is 0 Å². The summed E-state index contributed by atoms with van der Waals surface area (Å²) in [7, 11) is 0. The molecule has 1 heteroatoms. The molecule has 0 aliphatic rings. The summed E-state index contributed by atoms with van der Waals surface area (Å²) in [6, 6.07) is 5.96. The summed E-state index contributed by atoms with van der Waals surface area (Å²) in [5.41, 5.74) is 2.14. The topological polar surface area (TPSA) is 0 Å². The van der Waals surface area contributed by atoms with Crippen molar-refractivity contribution >= 4 is 17.7 Å². The molecule has 0 unspecified atom stereocenters. The predicted molar refractivity (Wildman–Crippen MR) is 49.6 cm³/mol. The van der Waals surface area contributed by atoms with Crippen molar-refractivity contribution in [2.45, 2.75) is 13.8 Å². The lowest BCUT2D eigenvalue weighted by molar-refractivity contribution is 1.45. The highest BCUT2D eigenvalue weighted by molar-refractivity contribution is 6.32. The highest BCUT2D eigenvalue weighted by Gasteiger charge is 1.97. The lowest BCUT2D eigenvalue weighted by Gasteiger charge is -2.00. The molecule has 1 radical (unpaired) electrons. The molecule has 0 saturated carbocycles. The van der Waals surface area contributed by atoms with Gasteiger partial charge in [0.05, 0.1) is 5.02 Å². The maximum Gasteiger partial charge on any atom is 0.0507 e. The third kappa shape index (κ3) is 1.84. The fraction of sp³-hybridized carbons (Fsp3) is 0.200. The van der Waals surface area contributed by atoms with Gasteiger partial charge in [0.2, 0.25) is 0 Å². The lowest BCUT2D eigenvalue weighted by Crippen LogP contribution is -1.78. The largest absolute Gasteiger partial charge is 0.0834 e. The summed E-state index contributed by atoms with van der Waals surface area (Å²) >= 11 is 6.00. The molecule has 0 amide bonds. The molecule has 57 valence electrons. The fourth-order valence-corrected chi connectivity index (χ4v) is 1.12. The summed E-state index contributed by atoms with van der Waals surface area (Å²) in [6.45, 7) is 3.86. The number of rotatable bonds is 1. The maximum atomic E-state index is 6.00. The molecular formula is C10H10Cl. The van der Waals surface area contributed by atoms with Gasteiger partial charge in [-0.05, 0) is 31.1 Å². The van der Waals surface area contributed by atoms with Gasteiger partial charge in [0, 0.05) is 0 Å². The van der Waals surface area contributed by atoms with Crippen LogP contribution in [0.15, 0.2) is 18.2 Å². The van der Waals surface area contributed by atoms with Gasteiger partial charge in [-0.2, -0.15) is 0 Å². The van der Waals surface area contributed by atoms with E-state index in [-0.39, 0.29) is 0 Å². The van der Waals surface area contributed by atoms with Gasteiger partial charge in [0.15, 0.2) is 0 Å². The Morgan fingerprint density at radius 3 is 2.82 bits per heavy atom. The standard InChI is InChI=1S/C10H10Cl/c1-3-5-9-7-4-6-8(2)10(9)11/h4-7H,1-2H3. The van der Waals surface area contributed by atoms with Crippen LogP contribution in [0.4, 0.5) is 0 Å². The van der Waals surface area contributed by atoms with Crippen molar-refractivity contribution in [3.05, 3.63) is 40.4 Å². The van der Waals surface area contributed by atoms with Crippen LogP contribution in [0.25, 0.3) is 6.08 Å². The highest BCUT2D eigenvalue weighted by atomic mass is 35.5. The molecule has 0 aliphatic heterocycles. The second-order valence-electron chi connectivity index (χ2n) is 2.41. The second kappa shape index (κ2) is 3.59. The normalized spacial score (nSPS) is 10.8. The summed E-state index contributed by atoms with van der Waals surface area (Å²) < 4.78 is 0. The molecule has 0 spiro atoms. The second-order valence-corrected chi connectivity index (χ2v) is 2.79. The van der Waals surface area contributed by atoms with Crippen LogP contribution in [-0.2, 0) is 0 Å². The average Bonchev–Trinajstić information content (AvgIpc) is 1.99. The van der Waals surface area contributed by atoms with Crippen molar-refractivity contribution in [3.63, 3.8) is 0 Å². The van der Waals surface area contributed by atoms with Gasteiger partial charge in [-0.3, -0.25) is 0 Å². The zero-order chi connectivity index (χ0) is 8.27. The van der Waals surface area contributed by atoms with Crippen molar-refractivity contribution in [1.29, 1.82) is 0 Å². The van der Waals surface area contributed by atoms with Crippen LogP contribution in [0.2, 0.25) is 5.02 Å². The number of halogens is 1. The van der Waals surface area contributed by atoms with E-state index in [1.165, 1.54) is 0 Å². The van der Waals surface area contributed by atoms with E-state index in [0.717, 1.165) is 16.1 Å². The molecular weight excluding hydrogens is 156 g/mol. The number of allylic oxidation sites excluding steroid dienone is 1. The smallest absolute Gasteiger partial charge is 0.0507 e. The van der Waals surface area contributed by atoms with Crippen LogP contribution in [0.3, 0.4) is 0 Å². The lowest BCUT2D eigenvalue weighted by atomic mass is 10.1. The summed E-state index contributed by atoms with van der Waals surface area (Å²) in [5.74, 6) is 0. The molecule has 0 saturated heterocycles. The molecule has 0 atom stereocenters. The molecule has 0 nitrogen and oxygen atoms in total. The first-order valence-electron chi connectivity index (χ1n) is 3.51. The first-order valence-corrected chi connectivity index (χ1v) is 3.89. The van der Waals surface area contributed by atoms with Crippen molar-refractivity contribution in [3.8, 4) is 0 Å². The Bertz CT molecular complexity index is 274. The van der Waals surface area contributed by atoms with Crippen molar-refractivity contribution in [2.75, 3.05) is 0 Å². The van der Waals surface area contributed by atoms with Crippen LogP contribution in [0, 0.1) is 13.0 Å². The molecule has 11 heavy (non-hydrogen) atoms. The van der Waals surface area contributed by atoms with Gasteiger partial charge < -0.3 is 0 Å². The van der Waals surface area contributed by atoms with Crippen molar-refractivity contribution in [1.82, 2.24) is 0 Å². The van der Waals surface area contributed by atoms with Gasteiger partial charge in [-0.15, -0.1) is 0 Å². The Morgan fingerprint density at radius 2 is 2.18 bits per heavy atom. The molecule has 1 aromatic carbocycles. The van der Waals surface area contributed by atoms with E-state index in [4.69, 9.17) is 11.6 Å². The monoisotopic (exact) mass is 165 g/mol. The van der Waals surface area contributed by atoms with E-state index in [2.05, 4.69) is 6.08 Å². The van der Waals surface area contributed by atoms with Crippen LogP contribution >= 0.6 is 11.6 Å². The molecule has 0 heterocycles. The average molecular weight is 166 g/mol. The Kier molecular flexibility index (Phi) is 2.72. The number of hydrogen-bond acceptors (Lipinski definition) is 0. The zero-order valence-corrected chi connectivity index (χ0v) is 7.44. The molecule has 1 rings (SSSR count). The Hall–Kier alpha value is -0.750. The molecule has 0 N–H and O–H groups in total. The van der Waals surface area contributed by atoms with Crippen LogP contribution < -0.4 is 0 Å². The molecule has 0 bridgehead atoms. The summed E-state index contributed by atoms with van der Waals surface area (Å²) in [6.07, 6.45) is 4.83. The first kappa shape index (κ1) is 8.35. The Labute approximate surface area is 72.5 Å². The number of benzene rings is 1. The number of hydrogen-bond donors (Lipinski definition) is 0. The van der Waals surface area contributed by atoms with E-state index in [9.17, 15) is 0 Å². The minimum atomic E-state index is 0.821. The third-order valence-corrected chi connectivity index (χ3v) is 2.04.